The average molecular weight is 514 g/mol. The molecule has 4 rings (SSSR count). The van der Waals surface area contributed by atoms with Crippen LogP contribution in [0.1, 0.15) is 64.7 Å². The molecule has 7 nitrogen and oxygen atoms in total. The number of halogens is 1. The number of hydrogen-bond acceptors (Lipinski definition) is 5. The fourth-order valence-electron chi connectivity index (χ4n) is 5.01. The summed E-state index contributed by atoms with van der Waals surface area (Å²) in [5, 5.41) is 0.687. The van der Waals surface area contributed by atoms with E-state index in [9.17, 15) is 9.00 Å². The van der Waals surface area contributed by atoms with Crippen molar-refractivity contribution in [2.45, 2.75) is 81.7 Å². The molecule has 0 radical (unpaired) electrons. The Labute approximate surface area is 212 Å². The number of amides is 1. The lowest BCUT2D eigenvalue weighted by Gasteiger charge is -2.38. The van der Waals surface area contributed by atoms with Crippen molar-refractivity contribution in [3.63, 3.8) is 0 Å². The molecule has 34 heavy (non-hydrogen) atoms. The maximum absolute atomic E-state index is 12.3. The quantitative estimate of drug-likeness (QED) is 0.406. The molecule has 0 bridgehead atoms. The molecule has 3 heterocycles. The van der Waals surface area contributed by atoms with Crippen LogP contribution in [0.3, 0.4) is 0 Å². The van der Waals surface area contributed by atoms with Gasteiger partial charge in [0.15, 0.2) is 0 Å². The molecule has 0 N–H and O–H groups in total. The number of likely N-dealkylation sites (tertiary alicyclic amines) is 2. The van der Waals surface area contributed by atoms with Crippen LogP contribution < -0.4 is 0 Å². The number of rotatable bonds is 4. The van der Waals surface area contributed by atoms with Gasteiger partial charge in [-0.2, -0.15) is 4.89 Å². The molecule has 0 aromatic heterocycles. The summed E-state index contributed by atoms with van der Waals surface area (Å²) in [6.45, 7) is 6.99. The smallest absolute Gasteiger partial charge is 0.304 e. The van der Waals surface area contributed by atoms with Crippen LogP contribution in [0.5, 0.6) is 0 Å². The summed E-state index contributed by atoms with van der Waals surface area (Å²) in [6, 6.07) is 8.19. The van der Waals surface area contributed by atoms with Crippen LogP contribution in [0.2, 0.25) is 5.02 Å². The Bertz CT molecular complexity index is 774. The van der Waals surface area contributed by atoms with E-state index in [1.165, 1.54) is 58.7 Å². The van der Waals surface area contributed by atoms with Gasteiger partial charge < -0.3 is 4.90 Å². The second-order valence-corrected chi connectivity index (χ2v) is 11.3. The van der Waals surface area contributed by atoms with Gasteiger partial charge in [-0.3, -0.25) is 9.79 Å². The van der Waals surface area contributed by atoms with E-state index in [-0.39, 0.29) is 6.09 Å². The summed E-state index contributed by atoms with van der Waals surface area (Å²) in [5.41, 5.74) is 0. The number of carbonyl (C=O) groups is 1. The van der Waals surface area contributed by atoms with E-state index in [1.54, 1.807) is 17.0 Å². The monoisotopic (exact) mass is 513 g/mol. The zero-order chi connectivity index (χ0) is 24.3. The molecule has 0 saturated carbocycles. The first-order valence-corrected chi connectivity index (χ1v) is 14.2. The normalized spacial score (nSPS) is 25.6. The Hall–Kier alpha value is -1.19. The molecule has 2 unspecified atom stereocenters. The van der Waals surface area contributed by atoms with Gasteiger partial charge in [-0.1, -0.05) is 30.9 Å². The van der Waals surface area contributed by atoms with Gasteiger partial charge in [0.05, 0.1) is 12.0 Å². The highest BCUT2D eigenvalue weighted by molar-refractivity contribution is 7.82. The molecule has 3 atom stereocenters. The lowest BCUT2D eigenvalue weighted by atomic mass is 10.0. The molecule has 0 spiro atoms. The SMILES string of the molecule is COOC(=O)N1CCCC(N2CCCCCC2)C1.C[C@@H]1CCCCN1S(=O)c1ccc(Cl)cc1. The van der Waals surface area contributed by atoms with Gasteiger partial charge in [-0.15, -0.1) is 0 Å². The van der Waals surface area contributed by atoms with Gasteiger partial charge in [0.1, 0.15) is 11.0 Å². The Morgan fingerprint density at radius 3 is 2.26 bits per heavy atom. The summed E-state index contributed by atoms with van der Waals surface area (Å²) in [6.07, 6.45) is 10.7. The van der Waals surface area contributed by atoms with Crippen molar-refractivity contribution in [1.82, 2.24) is 14.1 Å². The van der Waals surface area contributed by atoms with E-state index in [4.69, 9.17) is 11.6 Å². The standard InChI is InChI=1S/C13H24N2O3.C12H16ClNOS/c1-17-18-13(16)15-10-6-7-12(11-15)14-8-4-2-3-5-9-14;1-10-4-2-3-9-14(10)16(15)12-7-5-11(13)6-8-12/h12H,2-11H2,1H3;5-8,10H,2-4,9H2,1H3/t;10-,16?/m.1/s1. The van der Waals surface area contributed by atoms with Crippen LogP contribution in [0, 0.1) is 0 Å². The molecular weight excluding hydrogens is 474 g/mol. The van der Waals surface area contributed by atoms with Crippen molar-refractivity contribution in [1.29, 1.82) is 0 Å². The zero-order valence-corrected chi connectivity index (χ0v) is 22.2. The zero-order valence-electron chi connectivity index (χ0n) is 20.6. The van der Waals surface area contributed by atoms with Gasteiger partial charge in [0, 0.05) is 36.7 Å². The number of carbonyl (C=O) groups excluding carboxylic acids is 1. The fourth-order valence-corrected chi connectivity index (χ4v) is 6.50. The third kappa shape index (κ3) is 8.19. The first kappa shape index (κ1) is 27.4. The lowest BCUT2D eigenvalue weighted by molar-refractivity contribution is -0.222. The Morgan fingerprint density at radius 2 is 1.62 bits per heavy atom. The highest BCUT2D eigenvalue weighted by atomic mass is 35.5. The third-order valence-electron chi connectivity index (χ3n) is 6.94. The van der Waals surface area contributed by atoms with Crippen LogP contribution in [-0.2, 0) is 20.8 Å². The highest BCUT2D eigenvalue weighted by Gasteiger charge is 2.29. The van der Waals surface area contributed by atoms with Crippen LogP contribution in [0.4, 0.5) is 4.79 Å². The minimum atomic E-state index is -1.03. The first-order chi connectivity index (χ1) is 16.5. The van der Waals surface area contributed by atoms with Gasteiger partial charge >= 0.3 is 6.09 Å². The summed E-state index contributed by atoms with van der Waals surface area (Å²) in [5.74, 6) is 0. The first-order valence-electron chi connectivity index (χ1n) is 12.7. The second kappa shape index (κ2) is 14.4. The fraction of sp³-hybridized carbons (Fsp3) is 0.720. The number of nitrogens with zero attached hydrogens (tertiary/aromatic N) is 3. The summed E-state index contributed by atoms with van der Waals surface area (Å²) in [4.78, 5) is 25.9. The summed E-state index contributed by atoms with van der Waals surface area (Å²) >= 11 is 5.82. The molecule has 3 aliphatic heterocycles. The van der Waals surface area contributed by atoms with Crippen LogP contribution in [0.15, 0.2) is 29.2 Å². The van der Waals surface area contributed by atoms with Crippen LogP contribution in [-0.4, -0.2) is 76.3 Å². The Balaban J connectivity index is 0.000000192. The van der Waals surface area contributed by atoms with E-state index >= 15 is 0 Å². The third-order valence-corrected chi connectivity index (χ3v) is 8.83. The molecule has 1 aromatic rings. The maximum Gasteiger partial charge on any atom is 0.441 e. The van der Waals surface area contributed by atoms with Gasteiger partial charge in [-0.05, 0) is 82.8 Å². The molecule has 0 aliphatic carbocycles. The van der Waals surface area contributed by atoms with Crippen LogP contribution >= 0.6 is 11.6 Å². The minimum absolute atomic E-state index is 0.350. The predicted octanol–water partition coefficient (Wildman–Crippen LogP) is 5.26. The largest absolute Gasteiger partial charge is 0.441 e. The molecule has 1 amide bonds. The van der Waals surface area contributed by atoms with Gasteiger partial charge in [0.2, 0.25) is 0 Å². The molecule has 3 saturated heterocycles. The van der Waals surface area contributed by atoms with Gasteiger partial charge in [-0.25, -0.2) is 13.3 Å². The topological polar surface area (TPSA) is 62.3 Å². The van der Waals surface area contributed by atoms with Crippen molar-refractivity contribution in [3.05, 3.63) is 29.3 Å². The van der Waals surface area contributed by atoms with Crippen molar-refractivity contribution < 1.29 is 18.8 Å². The van der Waals surface area contributed by atoms with Gasteiger partial charge in [0.25, 0.3) is 0 Å². The van der Waals surface area contributed by atoms with Crippen LogP contribution in [0.25, 0.3) is 0 Å². The van der Waals surface area contributed by atoms with E-state index in [2.05, 4.69) is 25.9 Å². The number of hydrogen-bond donors (Lipinski definition) is 0. The molecular formula is C25H40ClN3O4S. The summed E-state index contributed by atoms with van der Waals surface area (Å²) in [7, 11) is 0.336. The summed E-state index contributed by atoms with van der Waals surface area (Å²) < 4.78 is 14.4. The Morgan fingerprint density at radius 1 is 0.941 bits per heavy atom. The average Bonchev–Trinajstić information content (AvgIpc) is 3.15. The molecule has 9 heteroatoms. The molecule has 192 valence electrons. The molecule has 3 aliphatic rings. The highest BCUT2D eigenvalue weighted by Crippen LogP contribution is 2.23. The van der Waals surface area contributed by atoms with E-state index in [0.29, 0.717) is 17.1 Å². The molecule has 3 fully saturated rings. The number of piperidine rings is 2. The lowest BCUT2D eigenvalue weighted by Crippen LogP contribution is -2.50. The van der Waals surface area contributed by atoms with E-state index in [0.717, 1.165) is 43.8 Å². The maximum atomic E-state index is 12.3. The van der Waals surface area contributed by atoms with Crippen molar-refractivity contribution in [3.8, 4) is 0 Å². The number of benzene rings is 1. The molecule has 1 aromatic carbocycles. The van der Waals surface area contributed by atoms with Crippen molar-refractivity contribution in [2.75, 3.05) is 39.8 Å². The second-order valence-electron chi connectivity index (χ2n) is 9.40. The van der Waals surface area contributed by atoms with Crippen molar-refractivity contribution in [2.24, 2.45) is 0 Å². The minimum Gasteiger partial charge on any atom is -0.304 e. The van der Waals surface area contributed by atoms with E-state index in [1.807, 2.05) is 12.1 Å². The Kier molecular flexibility index (Phi) is 11.6. The van der Waals surface area contributed by atoms with E-state index < -0.39 is 11.0 Å². The van der Waals surface area contributed by atoms with Crippen molar-refractivity contribution >= 4 is 28.7 Å². The predicted molar refractivity (Wildman–Crippen MR) is 136 cm³/mol.